The highest BCUT2D eigenvalue weighted by atomic mass is 127. The zero-order valence-corrected chi connectivity index (χ0v) is 21.7. The average Bonchev–Trinajstić information content (AvgIpc) is 3.02. The van der Waals surface area contributed by atoms with Crippen molar-refractivity contribution in [2.24, 2.45) is 0 Å². The lowest BCUT2D eigenvalue weighted by Crippen LogP contribution is -2.27. The molecule has 32 heavy (non-hydrogen) atoms. The summed E-state index contributed by atoms with van der Waals surface area (Å²) in [5.41, 5.74) is 2.46. The van der Waals surface area contributed by atoms with Gasteiger partial charge in [-0.05, 0) is 98.4 Å². The number of imide groups is 1. The number of rotatable bonds is 6. The van der Waals surface area contributed by atoms with Crippen molar-refractivity contribution >= 4 is 74.2 Å². The highest BCUT2D eigenvalue weighted by Crippen LogP contribution is 2.37. The number of hydrogen-bond acceptors (Lipinski definition) is 4. The molecule has 1 aliphatic heterocycles. The summed E-state index contributed by atoms with van der Waals surface area (Å²) in [6.45, 7) is 0.494. The van der Waals surface area contributed by atoms with Crippen molar-refractivity contribution in [2.75, 3.05) is 0 Å². The highest BCUT2D eigenvalue weighted by molar-refractivity contribution is 14.1. The van der Waals surface area contributed by atoms with Crippen LogP contribution in [0.25, 0.3) is 6.08 Å². The third-order valence-electron chi connectivity index (χ3n) is 4.68. The van der Waals surface area contributed by atoms with Gasteiger partial charge in [-0.25, -0.2) is 4.39 Å². The first kappa shape index (κ1) is 23.2. The molecule has 8 heteroatoms. The van der Waals surface area contributed by atoms with Crippen molar-refractivity contribution in [3.05, 3.63) is 101 Å². The topological polar surface area (TPSA) is 46.6 Å². The molecule has 2 amide bonds. The average molecular weight is 671 g/mol. The van der Waals surface area contributed by atoms with Crippen molar-refractivity contribution in [2.45, 2.75) is 13.2 Å². The molecular weight excluding hydrogens is 655 g/mol. The Hall–Kier alpha value is -1.92. The smallest absolute Gasteiger partial charge is 0.293 e. The predicted molar refractivity (Wildman–Crippen MR) is 141 cm³/mol. The Morgan fingerprint density at radius 2 is 1.69 bits per heavy atom. The lowest BCUT2D eigenvalue weighted by molar-refractivity contribution is -0.123. The molecule has 0 radical (unpaired) electrons. The van der Waals surface area contributed by atoms with Crippen molar-refractivity contribution in [3.63, 3.8) is 0 Å². The first-order valence-corrected chi connectivity index (χ1v) is 12.5. The predicted octanol–water partition coefficient (Wildman–Crippen LogP) is 6.85. The molecule has 0 aliphatic carbocycles. The summed E-state index contributed by atoms with van der Waals surface area (Å²) < 4.78 is 21.2. The molecule has 0 aromatic heterocycles. The van der Waals surface area contributed by atoms with E-state index >= 15 is 0 Å². The largest absolute Gasteiger partial charge is 0.487 e. The first-order valence-electron chi connectivity index (χ1n) is 9.56. The second-order valence-electron chi connectivity index (χ2n) is 6.97. The van der Waals surface area contributed by atoms with Crippen molar-refractivity contribution in [1.29, 1.82) is 0 Å². The normalized spacial score (nSPS) is 15.0. The summed E-state index contributed by atoms with van der Waals surface area (Å²) in [5, 5.41) is -0.349. The Morgan fingerprint density at radius 1 is 0.969 bits per heavy atom. The van der Waals surface area contributed by atoms with Gasteiger partial charge in [-0.3, -0.25) is 14.5 Å². The Bertz CT molecular complexity index is 1200. The fraction of sp³-hybridized carbons (Fsp3) is 0.0833. The summed E-state index contributed by atoms with van der Waals surface area (Å²) in [7, 11) is 0. The van der Waals surface area contributed by atoms with E-state index in [9.17, 15) is 14.0 Å². The first-order chi connectivity index (χ1) is 15.4. The molecule has 1 heterocycles. The summed E-state index contributed by atoms with van der Waals surface area (Å²) >= 11 is 5.33. The second-order valence-corrected chi connectivity index (χ2v) is 10.4. The highest BCUT2D eigenvalue weighted by Gasteiger charge is 2.35. The number of carbonyl (C=O) groups excluding carboxylic acids is 2. The summed E-state index contributed by atoms with van der Waals surface area (Å²) in [6, 6.07) is 19.5. The molecule has 0 saturated carbocycles. The lowest BCUT2D eigenvalue weighted by Gasteiger charge is -2.13. The Balaban J connectivity index is 1.59. The van der Waals surface area contributed by atoms with Gasteiger partial charge in [-0.1, -0.05) is 42.5 Å². The zero-order chi connectivity index (χ0) is 22.7. The molecule has 1 saturated heterocycles. The SMILES string of the molecule is O=C1S/C(=C/c2cc(I)cc(I)c2OCc2ccccc2)C(=O)N1Cc1ccc(F)cc1. The third-order valence-corrected chi connectivity index (χ3v) is 7.01. The Labute approximate surface area is 216 Å². The minimum atomic E-state index is -0.368. The monoisotopic (exact) mass is 671 g/mol. The number of ether oxygens (including phenoxy) is 1. The van der Waals surface area contributed by atoms with Crippen LogP contribution < -0.4 is 4.74 Å². The van der Waals surface area contributed by atoms with Crippen LogP contribution in [0.4, 0.5) is 9.18 Å². The lowest BCUT2D eigenvalue weighted by atomic mass is 10.1. The van der Waals surface area contributed by atoms with E-state index in [1.165, 1.54) is 17.0 Å². The molecule has 1 fully saturated rings. The minimum Gasteiger partial charge on any atom is -0.487 e. The molecule has 0 bridgehead atoms. The number of halogens is 3. The van der Waals surface area contributed by atoms with Crippen LogP contribution >= 0.6 is 56.9 Å². The molecule has 1 aliphatic rings. The van der Waals surface area contributed by atoms with Gasteiger partial charge < -0.3 is 4.74 Å². The van der Waals surface area contributed by atoms with Gasteiger partial charge in [0, 0.05) is 9.13 Å². The number of nitrogens with zero attached hydrogens (tertiary/aromatic N) is 1. The molecule has 3 aromatic rings. The maximum absolute atomic E-state index is 13.2. The van der Waals surface area contributed by atoms with Crippen LogP contribution in [0.2, 0.25) is 0 Å². The van der Waals surface area contributed by atoms with E-state index < -0.39 is 0 Å². The van der Waals surface area contributed by atoms with Gasteiger partial charge in [0.1, 0.15) is 18.2 Å². The molecule has 0 unspecified atom stereocenters. The number of amides is 2. The van der Waals surface area contributed by atoms with E-state index in [0.29, 0.717) is 22.8 Å². The molecule has 4 rings (SSSR count). The van der Waals surface area contributed by atoms with Crippen LogP contribution in [-0.2, 0) is 17.9 Å². The molecule has 0 spiro atoms. The van der Waals surface area contributed by atoms with Crippen LogP contribution in [-0.4, -0.2) is 16.0 Å². The van der Waals surface area contributed by atoms with Crippen LogP contribution in [0.5, 0.6) is 5.75 Å². The van der Waals surface area contributed by atoms with Crippen molar-refractivity contribution in [3.8, 4) is 5.75 Å². The fourth-order valence-corrected chi connectivity index (χ4v) is 5.99. The van der Waals surface area contributed by atoms with Gasteiger partial charge in [0.05, 0.1) is 15.0 Å². The minimum absolute atomic E-state index is 0.101. The van der Waals surface area contributed by atoms with E-state index in [1.54, 1.807) is 18.2 Å². The molecular formula is C24H16FI2NO3S. The van der Waals surface area contributed by atoms with E-state index in [-0.39, 0.29) is 23.5 Å². The number of thioether (sulfide) groups is 1. The summed E-state index contributed by atoms with van der Waals surface area (Å²) in [4.78, 5) is 27.0. The van der Waals surface area contributed by atoms with Gasteiger partial charge in [0.2, 0.25) is 0 Å². The standard InChI is InChI=1S/C24H16FI2NO3S/c25-18-8-6-15(7-9-18)13-28-23(29)21(32-24(28)30)11-17-10-19(26)12-20(27)22(17)31-14-16-4-2-1-3-5-16/h1-12H,13-14H2/b21-11+. The maximum Gasteiger partial charge on any atom is 0.293 e. The zero-order valence-electron chi connectivity index (χ0n) is 16.6. The third kappa shape index (κ3) is 5.52. The van der Waals surface area contributed by atoms with Gasteiger partial charge in [0.15, 0.2) is 0 Å². The van der Waals surface area contributed by atoms with Crippen LogP contribution in [0.1, 0.15) is 16.7 Å². The van der Waals surface area contributed by atoms with Crippen LogP contribution in [0.15, 0.2) is 71.6 Å². The van der Waals surface area contributed by atoms with E-state index in [0.717, 1.165) is 30.0 Å². The van der Waals surface area contributed by atoms with Crippen LogP contribution in [0.3, 0.4) is 0 Å². The quantitative estimate of drug-likeness (QED) is 0.213. The van der Waals surface area contributed by atoms with E-state index in [4.69, 9.17) is 4.74 Å². The van der Waals surface area contributed by atoms with Gasteiger partial charge in [-0.15, -0.1) is 0 Å². The summed E-state index contributed by atoms with van der Waals surface area (Å²) in [6.07, 6.45) is 1.71. The van der Waals surface area contributed by atoms with Crippen LogP contribution in [0, 0.1) is 13.0 Å². The van der Waals surface area contributed by atoms with Gasteiger partial charge in [-0.2, -0.15) is 0 Å². The number of benzene rings is 3. The summed E-state index contributed by atoms with van der Waals surface area (Å²) in [5.74, 6) is -0.0634. The van der Waals surface area contributed by atoms with E-state index in [1.807, 2.05) is 42.5 Å². The van der Waals surface area contributed by atoms with E-state index in [2.05, 4.69) is 45.2 Å². The van der Waals surface area contributed by atoms with Crippen molar-refractivity contribution in [1.82, 2.24) is 4.90 Å². The Kier molecular flexibility index (Phi) is 7.51. The molecule has 4 nitrogen and oxygen atoms in total. The second kappa shape index (κ2) is 10.3. The molecule has 0 N–H and O–H groups in total. The van der Waals surface area contributed by atoms with Gasteiger partial charge in [0.25, 0.3) is 11.1 Å². The fourth-order valence-electron chi connectivity index (χ4n) is 3.12. The van der Waals surface area contributed by atoms with Crippen molar-refractivity contribution < 1.29 is 18.7 Å². The molecule has 0 atom stereocenters. The van der Waals surface area contributed by atoms with Gasteiger partial charge >= 0.3 is 0 Å². The number of carbonyl (C=O) groups is 2. The maximum atomic E-state index is 13.2. The Morgan fingerprint density at radius 3 is 2.41 bits per heavy atom. The number of hydrogen-bond donors (Lipinski definition) is 0. The molecule has 162 valence electrons. The molecule has 3 aromatic carbocycles.